The molecule has 3 N–H and O–H groups in total. The Morgan fingerprint density at radius 2 is 1.96 bits per heavy atom. The first-order valence-electron chi connectivity index (χ1n) is 6.42. The standard InChI is InChI=1S/C14H11ClN2O4S2/c1-7-6-10-11(13(19)17-23(20,21)14(10)22-7)12(18)16-9-4-2-8(15)3-5-9/h2-6,17,19H,1H3,(H,16,18). The molecule has 3 rings (SSSR count). The molecule has 6 nitrogen and oxygen atoms in total. The van der Waals surface area contributed by atoms with Crippen molar-refractivity contribution >= 4 is 50.1 Å². The lowest BCUT2D eigenvalue weighted by Crippen LogP contribution is -2.31. The quantitative estimate of drug-likeness (QED) is 0.757. The number of thiophene rings is 1. The largest absolute Gasteiger partial charge is 0.494 e. The van der Waals surface area contributed by atoms with Crippen molar-refractivity contribution in [1.29, 1.82) is 0 Å². The summed E-state index contributed by atoms with van der Waals surface area (Å²) in [5.41, 5.74) is 0.547. The monoisotopic (exact) mass is 370 g/mol. The van der Waals surface area contributed by atoms with Crippen LogP contribution in [0.5, 0.6) is 0 Å². The molecule has 0 unspecified atom stereocenters. The number of aliphatic hydroxyl groups excluding tert-OH is 1. The molecule has 0 saturated heterocycles. The van der Waals surface area contributed by atoms with Gasteiger partial charge in [0, 0.05) is 21.2 Å². The van der Waals surface area contributed by atoms with Crippen LogP contribution in [0.25, 0.3) is 5.57 Å². The van der Waals surface area contributed by atoms with Crippen molar-refractivity contribution < 1.29 is 18.3 Å². The third-order valence-electron chi connectivity index (χ3n) is 3.13. The second kappa shape index (κ2) is 5.55. The van der Waals surface area contributed by atoms with Gasteiger partial charge in [0.15, 0.2) is 0 Å². The average Bonchev–Trinajstić information content (AvgIpc) is 2.83. The molecular weight excluding hydrogens is 360 g/mol. The Labute approximate surface area is 141 Å². The van der Waals surface area contributed by atoms with E-state index in [1.165, 1.54) is 0 Å². The molecule has 9 heteroatoms. The van der Waals surface area contributed by atoms with Gasteiger partial charge in [0.05, 0.1) is 0 Å². The van der Waals surface area contributed by atoms with Crippen molar-refractivity contribution in [3.63, 3.8) is 0 Å². The molecule has 0 aliphatic carbocycles. The highest BCUT2D eigenvalue weighted by Gasteiger charge is 2.35. The third-order valence-corrected chi connectivity index (χ3v) is 6.31. The van der Waals surface area contributed by atoms with Crippen molar-refractivity contribution in [1.82, 2.24) is 4.72 Å². The summed E-state index contributed by atoms with van der Waals surface area (Å²) < 4.78 is 26.0. The Balaban J connectivity index is 2.01. The summed E-state index contributed by atoms with van der Waals surface area (Å²) >= 11 is 6.82. The SMILES string of the molecule is Cc1cc2c(s1)S(=O)(=O)NC(O)=C2C(=O)Nc1ccc(Cl)cc1. The summed E-state index contributed by atoms with van der Waals surface area (Å²) in [7, 11) is -3.85. The number of rotatable bonds is 2. The number of aliphatic hydroxyl groups is 1. The fraction of sp³-hybridized carbons (Fsp3) is 0.0714. The summed E-state index contributed by atoms with van der Waals surface area (Å²) in [5, 5.41) is 13.1. The van der Waals surface area contributed by atoms with E-state index in [9.17, 15) is 18.3 Å². The van der Waals surface area contributed by atoms with Gasteiger partial charge in [0.1, 0.15) is 9.78 Å². The smallest absolute Gasteiger partial charge is 0.274 e. The van der Waals surface area contributed by atoms with Crippen molar-refractivity contribution in [2.75, 3.05) is 5.32 Å². The predicted octanol–water partition coefficient (Wildman–Crippen LogP) is 2.87. The second-order valence-electron chi connectivity index (χ2n) is 4.85. The van der Waals surface area contributed by atoms with E-state index in [4.69, 9.17) is 11.6 Å². The molecule has 1 aliphatic heterocycles. The summed E-state index contributed by atoms with van der Waals surface area (Å²) in [6, 6.07) is 7.98. The minimum absolute atomic E-state index is 0.00839. The topological polar surface area (TPSA) is 95.5 Å². The van der Waals surface area contributed by atoms with E-state index in [-0.39, 0.29) is 15.3 Å². The van der Waals surface area contributed by atoms with Crippen molar-refractivity contribution in [2.45, 2.75) is 11.1 Å². The van der Waals surface area contributed by atoms with Crippen LogP contribution >= 0.6 is 22.9 Å². The van der Waals surface area contributed by atoms with Crippen LogP contribution in [0.3, 0.4) is 0 Å². The number of aryl methyl sites for hydroxylation is 1. The van der Waals surface area contributed by atoms with E-state index in [0.717, 1.165) is 11.3 Å². The molecule has 2 aromatic rings. The zero-order valence-corrected chi connectivity index (χ0v) is 14.1. The third kappa shape index (κ3) is 2.92. The summed E-state index contributed by atoms with van der Waals surface area (Å²) in [6.07, 6.45) is 0. The van der Waals surface area contributed by atoms with Crippen molar-refractivity contribution in [3.8, 4) is 0 Å². The van der Waals surface area contributed by atoms with Crippen LogP contribution in [-0.2, 0) is 14.8 Å². The van der Waals surface area contributed by atoms with Crippen LogP contribution in [-0.4, -0.2) is 19.4 Å². The summed E-state index contributed by atoms with van der Waals surface area (Å²) in [5.74, 6) is -1.31. The minimum Gasteiger partial charge on any atom is -0.494 e. The zero-order chi connectivity index (χ0) is 16.8. The fourth-order valence-corrected chi connectivity index (χ4v) is 4.90. The maximum absolute atomic E-state index is 12.5. The number of anilines is 1. The molecule has 1 aromatic carbocycles. The lowest BCUT2D eigenvalue weighted by Gasteiger charge is -2.18. The van der Waals surface area contributed by atoms with Gasteiger partial charge in [-0.1, -0.05) is 11.6 Å². The molecule has 0 bridgehead atoms. The minimum atomic E-state index is -3.85. The van der Waals surface area contributed by atoms with Gasteiger partial charge in [-0.15, -0.1) is 11.3 Å². The van der Waals surface area contributed by atoms with Crippen LogP contribution in [0.2, 0.25) is 5.02 Å². The average molecular weight is 371 g/mol. The number of sulfonamides is 1. The van der Waals surface area contributed by atoms with E-state index in [0.29, 0.717) is 15.6 Å². The number of carbonyl (C=O) groups excluding carboxylic acids is 1. The molecular formula is C14H11ClN2O4S2. The molecule has 0 atom stereocenters. The Kier molecular flexibility index (Phi) is 3.83. The Bertz CT molecular complexity index is 930. The molecule has 0 radical (unpaired) electrons. The van der Waals surface area contributed by atoms with Gasteiger partial charge in [-0.3, -0.25) is 4.79 Å². The molecule has 1 amide bonds. The Morgan fingerprint density at radius 3 is 2.61 bits per heavy atom. The van der Waals surface area contributed by atoms with Gasteiger partial charge in [0.25, 0.3) is 15.9 Å². The molecule has 0 spiro atoms. The number of hydrogen-bond acceptors (Lipinski definition) is 5. The van der Waals surface area contributed by atoms with E-state index >= 15 is 0 Å². The number of carbonyl (C=O) groups is 1. The first kappa shape index (κ1) is 15.9. The van der Waals surface area contributed by atoms with Gasteiger partial charge in [-0.25, -0.2) is 13.1 Å². The Hall–Kier alpha value is -2.03. The number of halogens is 1. The number of fused-ring (bicyclic) bond motifs is 1. The maximum atomic E-state index is 12.5. The number of hydrogen-bond donors (Lipinski definition) is 3. The first-order chi connectivity index (χ1) is 10.8. The highest BCUT2D eigenvalue weighted by molar-refractivity contribution is 7.91. The number of benzene rings is 1. The van der Waals surface area contributed by atoms with E-state index in [1.54, 1.807) is 37.3 Å². The zero-order valence-electron chi connectivity index (χ0n) is 11.8. The van der Waals surface area contributed by atoms with Gasteiger partial charge in [0.2, 0.25) is 5.88 Å². The fourth-order valence-electron chi connectivity index (χ4n) is 2.18. The van der Waals surface area contributed by atoms with Gasteiger partial charge in [-0.05, 0) is 37.3 Å². The molecule has 0 fully saturated rings. The molecule has 1 aliphatic rings. The first-order valence-corrected chi connectivity index (χ1v) is 9.09. The van der Waals surface area contributed by atoms with Gasteiger partial charge >= 0.3 is 0 Å². The predicted molar refractivity (Wildman–Crippen MR) is 89.0 cm³/mol. The molecule has 0 saturated carbocycles. The van der Waals surface area contributed by atoms with E-state index in [1.807, 2.05) is 4.72 Å². The summed E-state index contributed by atoms with van der Waals surface area (Å²) in [4.78, 5) is 13.2. The van der Waals surface area contributed by atoms with Crippen LogP contribution in [0.15, 0.2) is 40.4 Å². The Morgan fingerprint density at radius 1 is 1.30 bits per heavy atom. The summed E-state index contributed by atoms with van der Waals surface area (Å²) in [6.45, 7) is 1.73. The van der Waals surface area contributed by atoms with Crippen molar-refractivity contribution in [2.24, 2.45) is 0 Å². The maximum Gasteiger partial charge on any atom is 0.274 e. The molecule has 23 heavy (non-hydrogen) atoms. The molecule has 1 aromatic heterocycles. The highest BCUT2D eigenvalue weighted by Crippen LogP contribution is 2.36. The molecule has 120 valence electrons. The van der Waals surface area contributed by atoms with Crippen LogP contribution in [0.1, 0.15) is 10.4 Å². The van der Waals surface area contributed by atoms with E-state index < -0.39 is 21.8 Å². The van der Waals surface area contributed by atoms with Crippen LogP contribution in [0.4, 0.5) is 5.69 Å². The lowest BCUT2D eigenvalue weighted by atomic mass is 10.1. The highest BCUT2D eigenvalue weighted by atomic mass is 35.5. The normalized spacial score (nSPS) is 15.7. The lowest BCUT2D eigenvalue weighted by molar-refractivity contribution is -0.111. The van der Waals surface area contributed by atoms with E-state index in [2.05, 4.69) is 5.32 Å². The van der Waals surface area contributed by atoms with Gasteiger partial charge < -0.3 is 10.4 Å². The van der Waals surface area contributed by atoms with Gasteiger partial charge in [-0.2, -0.15) is 0 Å². The van der Waals surface area contributed by atoms with Crippen LogP contribution in [0, 0.1) is 6.92 Å². The number of nitrogens with one attached hydrogen (secondary N) is 2. The molecule has 2 heterocycles. The van der Waals surface area contributed by atoms with Crippen molar-refractivity contribution in [3.05, 3.63) is 51.7 Å². The van der Waals surface area contributed by atoms with Crippen LogP contribution < -0.4 is 10.0 Å². The second-order valence-corrected chi connectivity index (χ2v) is 8.42. The number of amides is 1.